The quantitative estimate of drug-likeness (QED) is 0.833. The molecule has 0 unspecified atom stereocenters. The maximum Gasteiger partial charge on any atom is 0.275 e. The van der Waals surface area contributed by atoms with E-state index in [1.807, 2.05) is 0 Å². The standard InChI is InChI=1S/C10H10F4N2O2S/c11-9(12)6-3-1-2-5-4-10(13,14)8(7(5)6)16-19(15,17)18/h1-3,8-9,16H,4H2,(H2,15,17,18)/t8-/m0/s1. The van der Waals surface area contributed by atoms with E-state index >= 15 is 0 Å². The zero-order chi connectivity index (χ0) is 14.4. The van der Waals surface area contributed by atoms with Crippen molar-refractivity contribution in [3.05, 3.63) is 34.9 Å². The average Bonchev–Trinajstić information content (AvgIpc) is 2.47. The van der Waals surface area contributed by atoms with Crippen LogP contribution in [0.1, 0.15) is 29.2 Å². The second-order valence-corrected chi connectivity index (χ2v) is 5.58. The van der Waals surface area contributed by atoms with Crippen molar-refractivity contribution < 1.29 is 26.0 Å². The molecule has 0 spiro atoms. The molecule has 0 amide bonds. The Balaban J connectivity index is 2.57. The van der Waals surface area contributed by atoms with Crippen LogP contribution in [0.4, 0.5) is 17.6 Å². The topological polar surface area (TPSA) is 72.2 Å². The molecule has 1 aliphatic carbocycles. The molecular formula is C10H10F4N2O2S. The lowest BCUT2D eigenvalue weighted by Gasteiger charge is -2.21. The highest BCUT2D eigenvalue weighted by molar-refractivity contribution is 7.87. The van der Waals surface area contributed by atoms with Gasteiger partial charge in [-0.15, -0.1) is 0 Å². The van der Waals surface area contributed by atoms with Crippen molar-refractivity contribution in [2.75, 3.05) is 0 Å². The first-order valence-corrected chi connectivity index (χ1v) is 6.74. The molecule has 1 aliphatic rings. The lowest BCUT2D eigenvalue weighted by atomic mass is 10.0. The van der Waals surface area contributed by atoms with Crippen LogP contribution in [0.15, 0.2) is 18.2 Å². The van der Waals surface area contributed by atoms with Crippen molar-refractivity contribution in [1.29, 1.82) is 0 Å². The van der Waals surface area contributed by atoms with Crippen molar-refractivity contribution in [1.82, 2.24) is 4.72 Å². The van der Waals surface area contributed by atoms with Crippen LogP contribution in [0.5, 0.6) is 0 Å². The van der Waals surface area contributed by atoms with E-state index in [9.17, 15) is 26.0 Å². The summed E-state index contributed by atoms with van der Waals surface area (Å²) in [6.45, 7) is 0. The second kappa shape index (κ2) is 4.43. The number of hydrogen-bond donors (Lipinski definition) is 2. The van der Waals surface area contributed by atoms with Crippen LogP contribution in [0.3, 0.4) is 0 Å². The van der Waals surface area contributed by atoms with E-state index < -0.39 is 46.1 Å². The van der Waals surface area contributed by atoms with Gasteiger partial charge >= 0.3 is 0 Å². The number of hydrogen-bond acceptors (Lipinski definition) is 2. The second-order valence-electron chi connectivity index (χ2n) is 4.25. The minimum Gasteiger partial charge on any atom is -0.216 e. The van der Waals surface area contributed by atoms with E-state index in [-0.39, 0.29) is 5.56 Å². The zero-order valence-corrected chi connectivity index (χ0v) is 10.2. The highest BCUT2D eigenvalue weighted by Crippen LogP contribution is 2.46. The van der Waals surface area contributed by atoms with E-state index in [2.05, 4.69) is 5.14 Å². The van der Waals surface area contributed by atoms with Gasteiger partial charge in [-0.1, -0.05) is 18.2 Å². The van der Waals surface area contributed by atoms with Gasteiger partial charge in [0.25, 0.3) is 22.6 Å². The third-order valence-corrected chi connectivity index (χ3v) is 3.45. The minimum atomic E-state index is -4.44. The Morgan fingerprint density at radius 1 is 1.37 bits per heavy atom. The van der Waals surface area contributed by atoms with Crippen LogP contribution in [-0.2, 0) is 16.6 Å². The van der Waals surface area contributed by atoms with Crippen LogP contribution in [0, 0.1) is 0 Å². The smallest absolute Gasteiger partial charge is 0.216 e. The lowest BCUT2D eigenvalue weighted by molar-refractivity contribution is -0.0193. The molecule has 1 aromatic carbocycles. The van der Waals surface area contributed by atoms with Crippen molar-refractivity contribution in [2.45, 2.75) is 24.8 Å². The Morgan fingerprint density at radius 2 is 2.00 bits per heavy atom. The van der Waals surface area contributed by atoms with Crippen molar-refractivity contribution in [2.24, 2.45) is 5.14 Å². The molecule has 3 N–H and O–H groups in total. The highest BCUT2D eigenvalue weighted by Gasteiger charge is 2.50. The van der Waals surface area contributed by atoms with Crippen LogP contribution >= 0.6 is 0 Å². The summed E-state index contributed by atoms with van der Waals surface area (Å²) in [7, 11) is -4.44. The fourth-order valence-corrected chi connectivity index (χ4v) is 2.82. The summed E-state index contributed by atoms with van der Waals surface area (Å²) in [5.74, 6) is -3.50. The molecule has 0 fully saturated rings. The number of fused-ring (bicyclic) bond motifs is 1. The number of nitrogens with one attached hydrogen (secondary N) is 1. The van der Waals surface area contributed by atoms with Gasteiger partial charge in [0.05, 0.1) is 0 Å². The average molecular weight is 298 g/mol. The highest BCUT2D eigenvalue weighted by atomic mass is 32.2. The third-order valence-electron chi connectivity index (χ3n) is 2.88. The summed E-state index contributed by atoms with van der Waals surface area (Å²) >= 11 is 0. The number of benzene rings is 1. The van der Waals surface area contributed by atoms with E-state index in [0.29, 0.717) is 0 Å². The van der Waals surface area contributed by atoms with E-state index in [4.69, 9.17) is 0 Å². The number of nitrogens with two attached hydrogens (primary N) is 1. The molecule has 0 aromatic heterocycles. The Kier molecular flexibility index (Phi) is 3.31. The summed E-state index contributed by atoms with van der Waals surface area (Å²) in [6, 6.07) is 1.42. The Bertz CT molecular complexity index is 604. The van der Waals surface area contributed by atoms with Crippen LogP contribution in [0.2, 0.25) is 0 Å². The molecule has 2 rings (SSSR count). The van der Waals surface area contributed by atoms with E-state index in [0.717, 1.165) is 6.07 Å². The molecule has 1 atom stereocenters. The minimum absolute atomic E-state index is 0.0102. The monoisotopic (exact) mass is 298 g/mol. The van der Waals surface area contributed by atoms with Gasteiger partial charge < -0.3 is 0 Å². The van der Waals surface area contributed by atoms with Gasteiger partial charge in [0, 0.05) is 12.0 Å². The molecule has 19 heavy (non-hydrogen) atoms. The van der Waals surface area contributed by atoms with Gasteiger partial charge in [0.15, 0.2) is 0 Å². The van der Waals surface area contributed by atoms with Crippen molar-refractivity contribution in [3.63, 3.8) is 0 Å². The molecule has 0 aliphatic heterocycles. The molecule has 0 bridgehead atoms. The summed E-state index contributed by atoms with van der Waals surface area (Å²) < 4.78 is 76.5. The van der Waals surface area contributed by atoms with Crippen LogP contribution < -0.4 is 9.86 Å². The lowest BCUT2D eigenvalue weighted by Crippen LogP contribution is -2.41. The number of rotatable bonds is 3. The zero-order valence-electron chi connectivity index (χ0n) is 9.41. The van der Waals surface area contributed by atoms with Crippen LogP contribution in [-0.4, -0.2) is 14.3 Å². The van der Waals surface area contributed by atoms with Crippen molar-refractivity contribution >= 4 is 10.2 Å². The molecule has 0 saturated heterocycles. The van der Waals surface area contributed by atoms with E-state index in [1.54, 1.807) is 0 Å². The van der Waals surface area contributed by atoms with Gasteiger partial charge in [0.2, 0.25) is 0 Å². The van der Waals surface area contributed by atoms with Crippen molar-refractivity contribution in [3.8, 4) is 0 Å². The third kappa shape index (κ3) is 2.72. The molecule has 0 saturated carbocycles. The summed E-state index contributed by atoms with van der Waals surface area (Å²) in [6.07, 6.45) is -3.79. The normalized spacial score (nSPS) is 21.7. The number of halogens is 4. The van der Waals surface area contributed by atoms with Gasteiger partial charge in [-0.05, 0) is 11.1 Å². The molecular weight excluding hydrogens is 288 g/mol. The molecule has 0 heterocycles. The fraction of sp³-hybridized carbons (Fsp3) is 0.400. The first kappa shape index (κ1) is 14.2. The summed E-state index contributed by atoms with van der Waals surface area (Å²) in [5.41, 5.74) is -1.02. The Labute approximate surface area is 106 Å². The predicted molar refractivity (Wildman–Crippen MR) is 59.0 cm³/mol. The maximum absolute atomic E-state index is 13.7. The van der Waals surface area contributed by atoms with Gasteiger partial charge in [-0.3, -0.25) is 0 Å². The van der Waals surface area contributed by atoms with E-state index in [1.165, 1.54) is 16.9 Å². The maximum atomic E-state index is 13.7. The number of alkyl halides is 4. The molecule has 9 heteroatoms. The van der Waals surface area contributed by atoms with Gasteiger partial charge in [-0.2, -0.15) is 13.1 Å². The first-order chi connectivity index (χ1) is 8.62. The van der Waals surface area contributed by atoms with Crippen LogP contribution in [0.25, 0.3) is 0 Å². The molecule has 106 valence electrons. The Morgan fingerprint density at radius 3 is 2.53 bits per heavy atom. The largest absolute Gasteiger partial charge is 0.275 e. The molecule has 1 aromatic rings. The molecule has 0 radical (unpaired) electrons. The SMILES string of the molecule is NS(=O)(=O)N[C@H]1c2c(cccc2C(F)F)CC1(F)F. The predicted octanol–water partition coefficient (Wildman–Crippen LogP) is 1.65. The summed E-state index contributed by atoms with van der Waals surface area (Å²) in [4.78, 5) is 0. The summed E-state index contributed by atoms with van der Waals surface area (Å²) in [5, 5.41) is 4.66. The first-order valence-electron chi connectivity index (χ1n) is 5.19. The fourth-order valence-electron chi connectivity index (χ4n) is 2.21. The molecule has 4 nitrogen and oxygen atoms in total. The van der Waals surface area contributed by atoms with Gasteiger partial charge in [0.1, 0.15) is 6.04 Å². The Hall–Kier alpha value is -1.19. The van der Waals surface area contributed by atoms with Gasteiger partial charge in [-0.25, -0.2) is 22.7 Å².